The van der Waals surface area contributed by atoms with E-state index in [-0.39, 0.29) is 29.3 Å². The molecule has 1 N–H and O–H groups in total. The Labute approximate surface area is 165 Å². The molecule has 0 spiro atoms. The van der Waals surface area contributed by atoms with Crippen LogP contribution >= 0.6 is 11.3 Å². The maximum atomic E-state index is 13.1. The van der Waals surface area contributed by atoms with Crippen molar-refractivity contribution in [1.82, 2.24) is 9.88 Å². The molecule has 1 saturated heterocycles. The van der Waals surface area contributed by atoms with E-state index in [4.69, 9.17) is 4.42 Å². The molecule has 28 heavy (non-hydrogen) atoms. The second kappa shape index (κ2) is 7.93. The highest BCUT2D eigenvalue weighted by molar-refractivity contribution is 7.13. The van der Waals surface area contributed by atoms with E-state index < -0.39 is 0 Å². The lowest BCUT2D eigenvalue weighted by Gasteiger charge is -2.31. The first kappa shape index (κ1) is 18.4. The Balaban J connectivity index is 1.43. The van der Waals surface area contributed by atoms with E-state index in [1.165, 1.54) is 23.5 Å². The van der Waals surface area contributed by atoms with Crippen LogP contribution in [0.25, 0.3) is 11.3 Å². The Morgan fingerprint density at radius 3 is 2.79 bits per heavy atom. The zero-order chi connectivity index (χ0) is 19.5. The molecule has 1 aromatic carbocycles. The molecule has 2 aromatic heterocycles. The van der Waals surface area contributed by atoms with Gasteiger partial charge in [-0.3, -0.25) is 9.59 Å². The molecule has 3 aromatic rings. The molecule has 3 heterocycles. The van der Waals surface area contributed by atoms with E-state index >= 15 is 0 Å². The van der Waals surface area contributed by atoms with Crippen molar-refractivity contribution in [3.8, 4) is 11.3 Å². The lowest BCUT2D eigenvalue weighted by molar-refractivity contribution is -0.121. The van der Waals surface area contributed by atoms with Crippen molar-refractivity contribution in [3.05, 3.63) is 59.6 Å². The number of carbonyl (C=O) groups is 2. The minimum Gasteiger partial charge on any atom is -0.451 e. The fourth-order valence-electron chi connectivity index (χ4n) is 3.25. The SMILES string of the molecule is O=C(Nc1nccs1)[C@H]1CCCN(C(=O)c2ccc(-c3ccc(F)cc3)o2)C1. The van der Waals surface area contributed by atoms with E-state index in [1.54, 1.807) is 40.7 Å². The summed E-state index contributed by atoms with van der Waals surface area (Å²) in [6.45, 7) is 0.912. The molecule has 8 heteroatoms. The largest absolute Gasteiger partial charge is 0.451 e. The van der Waals surface area contributed by atoms with Crippen LogP contribution < -0.4 is 5.32 Å². The fraction of sp³-hybridized carbons (Fsp3) is 0.250. The van der Waals surface area contributed by atoms with Gasteiger partial charge in [0, 0.05) is 30.2 Å². The number of likely N-dealkylation sites (tertiary alicyclic amines) is 1. The quantitative estimate of drug-likeness (QED) is 0.719. The third-order valence-corrected chi connectivity index (χ3v) is 5.38. The topological polar surface area (TPSA) is 75.4 Å². The number of aromatic nitrogens is 1. The first-order valence-corrected chi connectivity index (χ1v) is 9.83. The number of carbonyl (C=O) groups excluding carboxylic acids is 2. The van der Waals surface area contributed by atoms with E-state index in [0.717, 1.165) is 12.8 Å². The standard InChI is InChI=1S/C20H18FN3O3S/c21-15-5-3-13(4-6-15)16-7-8-17(27-16)19(26)24-10-1-2-14(12-24)18(25)23-20-22-9-11-28-20/h3-9,11,14H,1-2,10,12H2,(H,22,23,25)/t14-/m0/s1. The summed E-state index contributed by atoms with van der Waals surface area (Å²) in [5, 5.41) is 5.15. The van der Waals surface area contributed by atoms with Crippen molar-refractivity contribution in [2.75, 3.05) is 18.4 Å². The lowest BCUT2D eigenvalue weighted by Crippen LogP contribution is -2.43. The maximum absolute atomic E-state index is 13.1. The zero-order valence-corrected chi connectivity index (χ0v) is 15.7. The Morgan fingerprint density at radius 2 is 2.04 bits per heavy atom. The zero-order valence-electron chi connectivity index (χ0n) is 14.9. The van der Waals surface area contributed by atoms with Crippen LogP contribution in [-0.4, -0.2) is 34.8 Å². The number of piperidine rings is 1. The predicted molar refractivity (Wildman–Crippen MR) is 103 cm³/mol. The number of halogens is 1. The number of thiazole rings is 1. The van der Waals surface area contributed by atoms with Gasteiger partial charge in [-0.2, -0.15) is 0 Å². The van der Waals surface area contributed by atoms with Gasteiger partial charge < -0.3 is 14.6 Å². The Kier molecular flexibility index (Phi) is 5.21. The smallest absolute Gasteiger partial charge is 0.289 e. The summed E-state index contributed by atoms with van der Waals surface area (Å²) in [6, 6.07) is 9.19. The summed E-state index contributed by atoms with van der Waals surface area (Å²) in [6.07, 6.45) is 3.10. The third kappa shape index (κ3) is 3.96. The van der Waals surface area contributed by atoms with E-state index in [1.807, 2.05) is 0 Å². The van der Waals surface area contributed by atoms with Gasteiger partial charge >= 0.3 is 0 Å². The van der Waals surface area contributed by atoms with Gasteiger partial charge in [-0.15, -0.1) is 11.3 Å². The van der Waals surface area contributed by atoms with Crippen LogP contribution in [0.4, 0.5) is 9.52 Å². The number of rotatable bonds is 4. The van der Waals surface area contributed by atoms with Gasteiger partial charge in [0.05, 0.1) is 5.92 Å². The van der Waals surface area contributed by atoms with Crippen LogP contribution in [0.5, 0.6) is 0 Å². The van der Waals surface area contributed by atoms with Gasteiger partial charge in [-0.1, -0.05) is 0 Å². The first-order chi connectivity index (χ1) is 13.6. The number of hydrogen-bond acceptors (Lipinski definition) is 5. The molecule has 0 unspecified atom stereocenters. The number of benzene rings is 1. The summed E-state index contributed by atoms with van der Waals surface area (Å²) >= 11 is 1.36. The third-order valence-electron chi connectivity index (χ3n) is 4.69. The van der Waals surface area contributed by atoms with Gasteiger partial charge in [-0.05, 0) is 49.2 Å². The van der Waals surface area contributed by atoms with E-state index in [9.17, 15) is 14.0 Å². The van der Waals surface area contributed by atoms with Gasteiger partial charge in [0.1, 0.15) is 11.6 Å². The highest BCUT2D eigenvalue weighted by Gasteiger charge is 2.30. The van der Waals surface area contributed by atoms with Gasteiger partial charge in [0.15, 0.2) is 10.9 Å². The average molecular weight is 399 g/mol. The van der Waals surface area contributed by atoms with Crippen molar-refractivity contribution < 1.29 is 18.4 Å². The molecule has 1 atom stereocenters. The van der Waals surface area contributed by atoms with Gasteiger partial charge in [0.25, 0.3) is 5.91 Å². The molecule has 2 amide bonds. The number of anilines is 1. The fourth-order valence-corrected chi connectivity index (χ4v) is 3.78. The molecular formula is C20H18FN3O3S. The molecule has 144 valence electrons. The number of nitrogens with zero attached hydrogens (tertiary/aromatic N) is 2. The molecule has 0 aliphatic carbocycles. The van der Waals surface area contributed by atoms with Crippen LogP contribution in [0, 0.1) is 11.7 Å². The molecule has 1 fully saturated rings. The molecule has 1 aliphatic heterocycles. The molecule has 6 nitrogen and oxygen atoms in total. The second-order valence-corrected chi connectivity index (χ2v) is 7.48. The van der Waals surface area contributed by atoms with Gasteiger partial charge in [0.2, 0.25) is 5.91 Å². The number of hydrogen-bond donors (Lipinski definition) is 1. The lowest BCUT2D eigenvalue weighted by atomic mass is 9.97. The Hall–Kier alpha value is -3.00. The van der Waals surface area contributed by atoms with E-state index in [0.29, 0.717) is 29.5 Å². The van der Waals surface area contributed by atoms with Crippen LogP contribution in [0.2, 0.25) is 0 Å². The van der Waals surface area contributed by atoms with E-state index in [2.05, 4.69) is 10.3 Å². The second-order valence-electron chi connectivity index (χ2n) is 6.59. The van der Waals surface area contributed by atoms with Crippen molar-refractivity contribution >= 4 is 28.3 Å². The Bertz CT molecular complexity index is 969. The highest BCUT2D eigenvalue weighted by atomic mass is 32.1. The normalized spacial score (nSPS) is 16.8. The summed E-state index contributed by atoms with van der Waals surface area (Å²) in [5.74, 6) is -0.284. The summed E-state index contributed by atoms with van der Waals surface area (Å²) in [4.78, 5) is 31.0. The predicted octanol–water partition coefficient (Wildman–Crippen LogP) is 4.03. The average Bonchev–Trinajstić information content (AvgIpc) is 3.40. The van der Waals surface area contributed by atoms with Crippen molar-refractivity contribution in [2.45, 2.75) is 12.8 Å². The van der Waals surface area contributed by atoms with Crippen molar-refractivity contribution in [3.63, 3.8) is 0 Å². The van der Waals surface area contributed by atoms with Crippen LogP contribution in [0.1, 0.15) is 23.4 Å². The minimum atomic E-state index is -0.331. The summed E-state index contributed by atoms with van der Waals surface area (Å²) < 4.78 is 18.8. The minimum absolute atomic E-state index is 0.126. The molecule has 1 aliphatic rings. The molecule has 0 radical (unpaired) electrons. The monoisotopic (exact) mass is 399 g/mol. The molecule has 4 rings (SSSR count). The van der Waals surface area contributed by atoms with Crippen LogP contribution in [0.15, 0.2) is 52.4 Å². The summed E-state index contributed by atoms with van der Waals surface area (Å²) in [5.41, 5.74) is 0.694. The van der Waals surface area contributed by atoms with Crippen LogP contribution in [-0.2, 0) is 4.79 Å². The Morgan fingerprint density at radius 1 is 1.21 bits per heavy atom. The number of nitrogens with one attached hydrogen (secondary N) is 1. The number of furan rings is 1. The number of amides is 2. The maximum Gasteiger partial charge on any atom is 0.289 e. The van der Waals surface area contributed by atoms with Crippen molar-refractivity contribution in [2.24, 2.45) is 5.92 Å². The molecular weight excluding hydrogens is 381 g/mol. The van der Waals surface area contributed by atoms with Gasteiger partial charge in [-0.25, -0.2) is 9.37 Å². The first-order valence-electron chi connectivity index (χ1n) is 8.95. The summed E-state index contributed by atoms with van der Waals surface area (Å²) in [7, 11) is 0. The van der Waals surface area contributed by atoms with Crippen molar-refractivity contribution in [1.29, 1.82) is 0 Å². The highest BCUT2D eigenvalue weighted by Crippen LogP contribution is 2.25. The molecule has 0 bridgehead atoms. The molecule has 0 saturated carbocycles. The van der Waals surface area contributed by atoms with Crippen LogP contribution in [0.3, 0.4) is 0 Å².